The summed E-state index contributed by atoms with van der Waals surface area (Å²) in [6.45, 7) is 1.87. The molecule has 2 aromatic rings. The first-order valence-electron chi connectivity index (χ1n) is 5.09. The highest BCUT2D eigenvalue weighted by molar-refractivity contribution is 5.55. The second-order valence-corrected chi connectivity index (χ2v) is 3.50. The lowest BCUT2D eigenvalue weighted by Crippen LogP contribution is -1.94. The maximum Gasteiger partial charge on any atom is 0.222 e. The second kappa shape index (κ2) is 4.69. The fourth-order valence-corrected chi connectivity index (χ4v) is 1.36. The molecule has 0 amide bonds. The van der Waals surface area contributed by atoms with Crippen molar-refractivity contribution in [3.05, 3.63) is 36.3 Å². The van der Waals surface area contributed by atoms with Gasteiger partial charge in [-0.25, -0.2) is 9.97 Å². The molecule has 2 N–H and O–H groups in total. The summed E-state index contributed by atoms with van der Waals surface area (Å²) in [6, 6.07) is 6.95. The number of hydrogen-bond donors (Lipinski definition) is 1. The molecule has 88 valence electrons. The number of ether oxygens (including phenoxy) is 2. The van der Waals surface area contributed by atoms with Gasteiger partial charge in [0.05, 0.1) is 12.8 Å². The van der Waals surface area contributed by atoms with Crippen molar-refractivity contribution in [2.24, 2.45) is 0 Å². The zero-order valence-electron chi connectivity index (χ0n) is 9.68. The Bertz CT molecular complexity index is 529. The molecule has 0 radical (unpaired) electrons. The van der Waals surface area contributed by atoms with Crippen molar-refractivity contribution in [2.75, 3.05) is 12.8 Å². The molecule has 0 unspecified atom stereocenters. The van der Waals surface area contributed by atoms with Crippen molar-refractivity contribution in [3.63, 3.8) is 0 Å². The van der Waals surface area contributed by atoms with Gasteiger partial charge in [-0.2, -0.15) is 0 Å². The number of benzene rings is 1. The summed E-state index contributed by atoms with van der Waals surface area (Å²) >= 11 is 0. The van der Waals surface area contributed by atoms with E-state index >= 15 is 0 Å². The molecular weight excluding hydrogens is 218 g/mol. The molecule has 0 aliphatic heterocycles. The quantitative estimate of drug-likeness (QED) is 0.820. The van der Waals surface area contributed by atoms with Gasteiger partial charge < -0.3 is 15.2 Å². The van der Waals surface area contributed by atoms with Crippen LogP contribution in [0.3, 0.4) is 0 Å². The molecule has 0 spiro atoms. The highest BCUT2D eigenvalue weighted by Crippen LogP contribution is 2.28. The summed E-state index contributed by atoms with van der Waals surface area (Å²) in [5.74, 6) is 1.69. The monoisotopic (exact) mass is 231 g/mol. The highest BCUT2D eigenvalue weighted by atomic mass is 16.5. The minimum atomic E-state index is 0.490. The van der Waals surface area contributed by atoms with E-state index in [1.807, 2.05) is 6.92 Å². The first-order chi connectivity index (χ1) is 8.19. The molecule has 1 aromatic carbocycles. The van der Waals surface area contributed by atoms with Crippen LogP contribution in [0.1, 0.15) is 5.69 Å². The van der Waals surface area contributed by atoms with Crippen LogP contribution in [0.2, 0.25) is 0 Å². The predicted molar refractivity (Wildman–Crippen MR) is 64.2 cm³/mol. The van der Waals surface area contributed by atoms with E-state index in [4.69, 9.17) is 15.2 Å². The number of aromatic nitrogens is 2. The fraction of sp³-hybridized carbons (Fsp3) is 0.167. The van der Waals surface area contributed by atoms with Gasteiger partial charge in [0.15, 0.2) is 0 Å². The Morgan fingerprint density at radius 2 is 2.00 bits per heavy atom. The Hall–Kier alpha value is -2.30. The Kier molecular flexibility index (Phi) is 3.09. The third-order valence-electron chi connectivity index (χ3n) is 2.21. The molecule has 1 heterocycles. The molecule has 0 saturated heterocycles. The van der Waals surface area contributed by atoms with Crippen LogP contribution in [0.25, 0.3) is 0 Å². The number of nitrogens with zero attached hydrogens (tertiary/aromatic N) is 2. The normalized spacial score (nSPS) is 10.0. The molecular formula is C12H13N3O2. The van der Waals surface area contributed by atoms with Gasteiger partial charge in [-0.1, -0.05) is 0 Å². The van der Waals surface area contributed by atoms with Crippen molar-refractivity contribution < 1.29 is 9.47 Å². The van der Waals surface area contributed by atoms with Gasteiger partial charge in [0.1, 0.15) is 17.8 Å². The summed E-state index contributed by atoms with van der Waals surface area (Å²) in [4.78, 5) is 8.00. The molecule has 0 aliphatic rings. The smallest absolute Gasteiger partial charge is 0.222 e. The molecule has 0 aliphatic carbocycles. The van der Waals surface area contributed by atoms with E-state index in [1.54, 1.807) is 31.4 Å². The van der Waals surface area contributed by atoms with E-state index in [9.17, 15) is 0 Å². The van der Waals surface area contributed by atoms with Crippen molar-refractivity contribution >= 4 is 5.69 Å². The Balaban J connectivity index is 2.24. The van der Waals surface area contributed by atoms with Gasteiger partial charge in [0.25, 0.3) is 0 Å². The van der Waals surface area contributed by atoms with Gasteiger partial charge in [-0.3, -0.25) is 0 Å². The molecule has 0 atom stereocenters. The largest absolute Gasteiger partial charge is 0.494 e. The zero-order valence-corrected chi connectivity index (χ0v) is 9.68. The van der Waals surface area contributed by atoms with E-state index in [0.717, 1.165) is 5.69 Å². The third-order valence-corrected chi connectivity index (χ3v) is 2.21. The second-order valence-electron chi connectivity index (χ2n) is 3.50. The third kappa shape index (κ3) is 2.63. The molecule has 0 saturated carbocycles. The van der Waals surface area contributed by atoms with Crippen LogP contribution < -0.4 is 15.2 Å². The number of nitrogens with two attached hydrogens (primary N) is 1. The predicted octanol–water partition coefficient (Wildman–Crippen LogP) is 2.17. The van der Waals surface area contributed by atoms with E-state index in [1.165, 1.54) is 6.33 Å². The van der Waals surface area contributed by atoms with Gasteiger partial charge in [0, 0.05) is 17.8 Å². The number of hydrogen-bond acceptors (Lipinski definition) is 5. The average Bonchev–Trinajstić information content (AvgIpc) is 2.32. The van der Waals surface area contributed by atoms with Gasteiger partial charge in [-0.05, 0) is 19.1 Å². The molecule has 2 rings (SSSR count). The number of rotatable bonds is 3. The van der Waals surface area contributed by atoms with Crippen LogP contribution >= 0.6 is 0 Å². The first-order valence-corrected chi connectivity index (χ1v) is 5.09. The van der Waals surface area contributed by atoms with Crippen LogP contribution in [0.15, 0.2) is 30.6 Å². The number of aryl methyl sites for hydroxylation is 1. The van der Waals surface area contributed by atoms with Gasteiger partial charge in [0.2, 0.25) is 5.88 Å². The summed E-state index contributed by atoms with van der Waals surface area (Å²) in [7, 11) is 1.56. The molecule has 0 fully saturated rings. The van der Waals surface area contributed by atoms with Crippen LogP contribution in [0.5, 0.6) is 17.4 Å². The van der Waals surface area contributed by atoms with Crippen molar-refractivity contribution in [1.82, 2.24) is 9.97 Å². The topological polar surface area (TPSA) is 70.3 Å². The van der Waals surface area contributed by atoms with Crippen LogP contribution in [-0.4, -0.2) is 17.1 Å². The summed E-state index contributed by atoms with van der Waals surface area (Å²) in [5.41, 5.74) is 7.12. The van der Waals surface area contributed by atoms with E-state index in [-0.39, 0.29) is 0 Å². The van der Waals surface area contributed by atoms with Gasteiger partial charge in [-0.15, -0.1) is 0 Å². The van der Waals surface area contributed by atoms with Crippen LogP contribution in [0, 0.1) is 6.92 Å². The number of nitrogen functional groups attached to an aromatic ring is 1. The first kappa shape index (κ1) is 11.2. The number of anilines is 1. The molecule has 5 nitrogen and oxygen atoms in total. The highest BCUT2D eigenvalue weighted by Gasteiger charge is 2.04. The lowest BCUT2D eigenvalue weighted by Gasteiger charge is -2.08. The standard InChI is InChI=1S/C12H13N3O2/c1-8-5-12(15-7-14-8)17-9-3-4-10(13)11(6-9)16-2/h3-7H,13H2,1-2H3. The maximum absolute atomic E-state index is 5.71. The van der Waals surface area contributed by atoms with Crippen molar-refractivity contribution in [2.45, 2.75) is 6.92 Å². The van der Waals surface area contributed by atoms with Crippen molar-refractivity contribution in [3.8, 4) is 17.4 Å². The lowest BCUT2D eigenvalue weighted by atomic mass is 10.3. The Morgan fingerprint density at radius 1 is 1.18 bits per heavy atom. The maximum atomic E-state index is 5.71. The molecule has 0 bridgehead atoms. The van der Waals surface area contributed by atoms with Gasteiger partial charge >= 0.3 is 0 Å². The number of methoxy groups -OCH3 is 1. The van der Waals surface area contributed by atoms with E-state index in [0.29, 0.717) is 23.1 Å². The molecule has 1 aromatic heterocycles. The minimum Gasteiger partial charge on any atom is -0.494 e. The molecule has 17 heavy (non-hydrogen) atoms. The van der Waals surface area contributed by atoms with Crippen molar-refractivity contribution in [1.29, 1.82) is 0 Å². The summed E-state index contributed by atoms with van der Waals surface area (Å²) in [5, 5.41) is 0. The summed E-state index contributed by atoms with van der Waals surface area (Å²) in [6.07, 6.45) is 1.46. The van der Waals surface area contributed by atoms with E-state index < -0.39 is 0 Å². The Morgan fingerprint density at radius 3 is 2.71 bits per heavy atom. The fourth-order valence-electron chi connectivity index (χ4n) is 1.36. The minimum absolute atomic E-state index is 0.490. The van der Waals surface area contributed by atoms with E-state index in [2.05, 4.69) is 9.97 Å². The molecule has 5 heteroatoms. The van der Waals surface area contributed by atoms with Crippen LogP contribution in [0.4, 0.5) is 5.69 Å². The zero-order chi connectivity index (χ0) is 12.3. The average molecular weight is 231 g/mol. The lowest BCUT2D eigenvalue weighted by molar-refractivity contribution is 0.409. The van der Waals surface area contributed by atoms with Crippen LogP contribution in [-0.2, 0) is 0 Å². The Labute approximate surface area is 99.2 Å². The SMILES string of the molecule is COc1cc(Oc2cc(C)ncn2)ccc1N. The summed E-state index contributed by atoms with van der Waals surface area (Å²) < 4.78 is 10.7.